The molecule has 532 valence electrons. The van der Waals surface area contributed by atoms with E-state index in [0.29, 0.717) is 0 Å². The lowest BCUT2D eigenvalue weighted by Gasteiger charge is -2.32. The van der Waals surface area contributed by atoms with Crippen LogP contribution in [0.25, 0.3) is 0 Å². The molecule has 25 nitrogen and oxygen atoms in total. The summed E-state index contributed by atoms with van der Waals surface area (Å²) in [6.45, 7) is 15.8. The lowest BCUT2D eigenvalue weighted by Crippen LogP contribution is -2.37. The smallest absolute Gasteiger partial charge is 0.432 e. The number of hydrogen-bond acceptors (Lipinski definition) is 25. The minimum absolute atomic E-state index is 0.00678. The second-order valence-corrected chi connectivity index (χ2v) is 32.0. The summed E-state index contributed by atoms with van der Waals surface area (Å²) in [5, 5.41) is 5.05. The molecule has 0 bridgehead atoms. The van der Waals surface area contributed by atoms with Gasteiger partial charge in [0.15, 0.2) is 0 Å². The van der Waals surface area contributed by atoms with Gasteiger partial charge in [0, 0.05) is 17.8 Å². The van der Waals surface area contributed by atoms with Crippen molar-refractivity contribution in [2.75, 3.05) is 33.0 Å². The van der Waals surface area contributed by atoms with Crippen LogP contribution in [0.5, 0.6) is 0 Å². The Kier molecular flexibility index (Phi) is 34.6. The van der Waals surface area contributed by atoms with Crippen LogP contribution in [-0.4, -0.2) is 141 Å². The highest BCUT2D eigenvalue weighted by molar-refractivity contribution is 6.60. The van der Waals surface area contributed by atoms with E-state index in [0.717, 1.165) is 53.8 Å². The van der Waals surface area contributed by atoms with E-state index in [4.69, 9.17) is 62.8 Å². The number of carbonyl (C=O) groups excluding carboxylic acids is 10. The molecule has 0 amide bonds. The van der Waals surface area contributed by atoms with Gasteiger partial charge >= 0.3 is 60.6 Å². The highest BCUT2D eigenvalue weighted by Crippen LogP contribution is 2.30. The molecule has 0 saturated carbocycles. The summed E-state index contributed by atoms with van der Waals surface area (Å²) in [4.78, 5) is 179. The van der Waals surface area contributed by atoms with Crippen LogP contribution in [0.1, 0.15) is 134 Å². The van der Waals surface area contributed by atoms with Crippen molar-refractivity contribution in [1.82, 2.24) is 0 Å². The molecule has 5 aromatic carbocycles. The maximum absolute atomic E-state index is 13.5. The van der Waals surface area contributed by atoms with Gasteiger partial charge in [-0.05, 0) is 143 Å². The molecule has 0 spiro atoms. The van der Waals surface area contributed by atoms with Crippen molar-refractivity contribution in [3.63, 3.8) is 0 Å². The zero-order chi connectivity index (χ0) is 72.9. The Bertz CT molecular complexity index is 3540. The van der Waals surface area contributed by atoms with Crippen LogP contribution in [0.4, 0.5) is 24.0 Å². The number of allylic oxidation sites excluding steroid dienone is 5. The van der Waals surface area contributed by atoms with E-state index in [2.05, 4.69) is 38.3 Å². The van der Waals surface area contributed by atoms with E-state index in [9.17, 15) is 47.9 Å². The largest absolute Gasteiger partial charge is 0.549 e. The molecule has 0 aliphatic heterocycles. The van der Waals surface area contributed by atoms with Crippen LogP contribution in [-0.2, 0) is 72.6 Å². The maximum atomic E-state index is 13.5. The van der Waals surface area contributed by atoms with Gasteiger partial charge in [-0.25, -0.2) is 72.8 Å². The monoisotopic (exact) mass is 1460 g/mol. The van der Waals surface area contributed by atoms with E-state index < -0.39 is 172 Å². The number of rotatable bonds is 29. The SMILES string of the molecule is CC(C)=C[SiH2]c1ccc(C(=O)OOC(=O)OCCC(COC(=O)OOC(=O)c2ccc([SiH2]C=C(C)C)cc2)C(COC(=O)OOC(=O)c2ccc([SiH2]C=C(C)C)cc2)C(CCOC(=O)OOC(=O)c2ccc([SiH2]C=C(C)C)cc2)COC(=O)OOC(=O)c2ccc([SiH2]C=C(C)C)cc2)cc1. The Morgan fingerprint density at radius 2 is 0.460 bits per heavy atom. The highest BCUT2D eigenvalue weighted by atomic mass is 28.2. The van der Waals surface area contributed by atoms with Crippen molar-refractivity contribution in [3.8, 4) is 0 Å². The Morgan fingerprint density at radius 1 is 0.270 bits per heavy atom. The fourth-order valence-corrected chi connectivity index (χ4v) is 14.6. The Balaban J connectivity index is 1.44. The molecule has 100 heavy (non-hydrogen) atoms. The van der Waals surface area contributed by atoms with E-state index in [1.54, 1.807) is 60.7 Å². The molecule has 0 radical (unpaired) electrons. The highest BCUT2D eigenvalue weighted by Gasteiger charge is 2.35. The number of benzene rings is 5. The average Bonchev–Trinajstić information content (AvgIpc) is 0.889. The summed E-state index contributed by atoms with van der Waals surface area (Å²) < 4.78 is 26.9. The van der Waals surface area contributed by atoms with Crippen molar-refractivity contribution in [3.05, 3.63) is 206 Å². The molecule has 30 heteroatoms. The lowest BCUT2D eigenvalue weighted by molar-refractivity contribution is -0.210. The van der Waals surface area contributed by atoms with Gasteiger partial charge in [0.25, 0.3) is 0 Å². The lowest BCUT2D eigenvalue weighted by atomic mass is 9.79. The minimum atomic E-state index is -1.62. The normalized spacial score (nSPS) is 11.9. The number of carbonyl (C=O) groups is 10. The molecule has 5 rings (SSSR count). The van der Waals surface area contributed by atoms with Gasteiger partial charge in [-0.2, -0.15) is 24.0 Å². The van der Waals surface area contributed by atoms with Gasteiger partial charge in [0.1, 0.15) is 0 Å². The third kappa shape index (κ3) is 31.4. The summed E-state index contributed by atoms with van der Waals surface area (Å²) in [5.41, 5.74) is 16.5. The predicted octanol–water partition coefficient (Wildman–Crippen LogP) is 6.83. The topological polar surface area (TPSA) is 309 Å². The summed E-state index contributed by atoms with van der Waals surface area (Å²) in [5.74, 6) is -9.38. The fraction of sp³-hybridized carbons (Fsp3) is 0.286. The van der Waals surface area contributed by atoms with Crippen LogP contribution < -0.4 is 25.9 Å². The zero-order valence-corrected chi connectivity index (χ0v) is 64.4. The summed E-state index contributed by atoms with van der Waals surface area (Å²) >= 11 is 0. The van der Waals surface area contributed by atoms with Crippen molar-refractivity contribution in [2.24, 2.45) is 17.8 Å². The molecule has 2 atom stereocenters. The molecular weight excluding hydrogens is 1380 g/mol. The standard InChI is InChI=1S/C70H82O25Si5/c1-43(2)38-96-55-21-11-48(12-22-55)61(71)86-91-66(76)81-33-31-53(35-83-68(78)93-88-63(73)50-15-25-57(26-16-50)98-40-45(5)6)60(37-85-70(80)95-90-65(75)52-19-29-59(30-20-52)100-42-47(9)10)54(36-84-69(79)94-89-64(74)51-17-27-58(28-18-51)99-41-46(7)8)32-34-82-67(77)92-87-62(72)49-13-23-56(24-14-49)97-39-44(3)4/h11-30,38-42,53-54,60H,31-37,96-100H2,1-10H3. The van der Waals surface area contributed by atoms with Crippen molar-refractivity contribution >= 4 is 134 Å². The molecule has 0 N–H and O–H groups in total. The molecule has 0 aliphatic carbocycles. The first-order valence-electron chi connectivity index (χ1n) is 31.7. The fourth-order valence-electron chi connectivity index (χ4n) is 8.82. The van der Waals surface area contributed by atoms with Gasteiger partial charge in [0.05, 0.1) is 108 Å². The van der Waals surface area contributed by atoms with Crippen molar-refractivity contribution in [1.29, 1.82) is 0 Å². The second-order valence-electron chi connectivity index (χ2n) is 23.8. The quantitative estimate of drug-likeness (QED) is 0.0156. The Labute approximate surface area is 590 Å². The molecule has 5 aromatic rings. The van der Waals surface area contributed by atoms with Gasteiger partial charge in [-0.3, -0.25) is 0 Å². The first-order valence-corrected chi connectivity index (χ1v) is 39.3. The summed E-state index contributed by atoms with van der Waals surface area (Å²) in [6.07, 6.45) is -8.78. The third-order valence-corrected chi connectivity index (χ3v) is 24.3. The molecule has 0 heterocycles. The Morgan fingerprint density at radius 3 is 0.660 bits per heavy atom. The van der Waals surface area contributed by atoms with Crippen LogP contribution in [0.15, 0.2) is 178 Å². The predicted molar refractivity (Wildman–Crippen MR) is 379 cm³/mol. The zero-order valence-electron chi connectivity index (χ0n) is 57.4. The molecule has 2 unspecified atom stereocenters. The van der Waals surface area contributed by atoms with E-state index in [1.165, 1.54) is 60.7 Å². The van der Waals surface area contributed by atoms with Gasteiger partial charge in [0.2, 0.25) is 0 Å². The van der Waals surface area contributed by atoms with Crippen LogP contribution in [0.3, 0.4) is 0 Å². The summed E-state index contributed by atoms with van der Waals surface area (Å²) in [7, 11) is -3.90. The molecule has 0 saturated heterocycles. The first-order chi connectivity index (χ1) is 47.8. The van der Waals surface area contributed by atoms with Gasteiger partial charge in [-0.15, -0.1) is 0 Å². The van der Waals surface area contributed by atoms with Crippen LogP contribution in [0.2, 0.25) is 0 Å². The molecular formula is C70H82O25Si5. The van der Waals surface area contributed by atoms with E-state index >= 15 is 0 Å². The van der Waals surface area contributed by atoms with Gasteiger partial charge < -0.3 is 23.7 Å². The second kappa shape index (κ2) is 43.1. The number of ether oxygens (including phenoxy) is 5. The minimum Gasteiger partial charge on any atom is -0.432 e. The number of hydrogen-bond donors (Lipinski definition) is 0. The summed E-state index contributed by atoms with van der Waals surface area (Å²) in [6, 6.07) is 32.2. The average molecular weight is 1460 g/mol. The first kappa shape index (κ1) is 80.3. The van der Waals surface area contributed by atoms with Crippen LogP contribution in [0, 0.1) is 17.8 Å². The van der Waals surface area contributed by atoms with Crippen molar-refractivity contribution < 1.29 is 121 Å². The van der Waals surface area contributed by atoms with E-state index in [-0.39, 0.29) is 27.8 Å². The molecule has 0 aliphatic rings. The van der Waals surface area contributed by atoms with Gasteiger partial charge in [-0.1, -0.05) is 143 Å². The van der Waals surface area contributed by atoms with Crippen LogP contribution >= 0.6 is 0 Å². The maximum Gasteiger partial charge on any atom is 0.549 e. The van der Waals surface area contributed by atoms with Crippen molar-refractivity contribution in [2.45, 2.75) is 82.1 Å². The molecule has 0 aromatic heterocycles. The van der Waals surface area contributed by atoms with E-state index in [1.807, 2.05) is 69.2 Å². The Hall–Kier alpha value is -10.4. The third-order valence-electron chi connectivity index (χ3n) is 14.5. The molecule has 0 fully saturated rings.